The summed E-state index contributed by atoms with van der Waals surface area (Å²) in [5.41, 5.74) is 0.526. The maximum absolute atomic E-state index is 11.8. The van der Waals surface area contributed by atoms with Gasteiger partial charge in [0.05, 0.1) is 7.11 Å². The third-order valence-electron chi connectivity index (χ3n) is 2.99. The Bertz CT molecular complexity index is 676. The second-order valence-electron chi connectivity index (χ2n) is 4.65. The number of methoxy groups -OCH3 is 1. The van der Waals surface area contributed by atoms with Gasteiger partial charge in [-0.3, -0.25) is 10.1 Å². The zero-order valence-electron chi connectivity index (χ0n) is 12.4. The van der Waals surface area contributed by atoms with Crippen molar-refractivity contribution in [1.29, 1.82) is 0 Å². The Labute approximate surface area is 127 Å². The van der Waals surface area contributed by atoms with Gasteiger partial charge in [-0.1, -0.05) is 0 Å². The van der Waals surface area contributed by atoms with Crippen LogP contribution >= 0.6 is 0 Å². The molecular weight excluding hydrogens is 286 g/mol. The van der Waals surface area contributed by atoms with Crippen molar-refractivity contribution in [2.24, 2.45) is 0 Å². The number of nitrogens with zero attached hydrogens (tertiary/aromatic N) is 4. The van der Waals surface area contributed by atoms with Crippen LogP contribution in [-0.4, -0.2) is 52.6 Å². The number of fused-ring (bicyclic) bond motifs is 1. The minimum atomic E-state index is -0.427. The molecule has 2 amide bonds. The monoisotopic (exact) mass is 303 g/mol. The van der Waals surface area contributed by atoms with Crippen LogP contribution < -0.4 is 5.32 Å². The first-order valence-electron chi connectivity index (χ1n) is 6.77. The van der Waals surface area contributed by atoms with Crippen LogP contribution in [0, 0.1) is 0 Å². The highest BCUT2D eigenvalue weighted by Crippen LogP contribution is 2.09. The predicted molar refractivity (Wildman–Crippen MR) is 80.2 cm³/mol. The van der Waals surface area contributed by atoms with Crippen molar-refractivity contribution in [3.05, 3.63) is 24.5 Å². The SMILES string of the molecule is COC(=O)N(C)CCCC(=O)Nc1ncc2cccnc2n1. The van der Waals surface area contributed by atoms with Crippen LogP contribution in [0.3, 0.4) is 0 Å². The van der Waals surface area contributed by atoms with Crippen LogP contribution in [0.5, 0.6) is 0 Å². The standard InChI is InChI=1S/C14H17N5O3/c1-19(14(21)22-2)8-4-6-11(20)17-13-16-9-10-5-3-7-15-12(10)18-13/h3,5,7,9H,4,6,8H2,1-2H3,(H,15,16,17,18,20). The summed E-state index contributed by atoms with van der Waals surface area (Å²) < 4.78 is 4.57. The average molecular weight is 303 g/mol. The Morgan fingerprint density at radius 1 is 1.36 bits per heavy atom. The van der Waals surface area contributed by atoms with Crippen molar-refractivity contribution in [2.45, 2.75) is 12.8 Å². The number of amides is 2. The molecule has 2 aromatic rings. The molecule has 0 aliphatic rings. The lowest BCUT2D eigenvalue weighted by molar-refractivity contribution is -0.116. The van der Waals surface area contributed by atoms with Crippen LogP contribution in [0.2, 0.25) is 0 Å². The van der Waals surface area contributed by atoms with Gasteiger partial charge in [-0.2, -0.15) is 4.98 Å². The minimum Gasteiger partial charge on any atom is -0.453 e. The number of hydrogen-bond acceptors (Lipinski definition) is 6. The zero-order valence-corrected chi connectivity index (χ0v) is 12.4. The molecule has 8 heteroatoms. The number of hydrogen-bond donors (Lipinski definition) is 1. The van der Waals surface area contributed by atoms with Gasteiger partial charge in [0.25, 0.3) is 0 Å². The Hall–Kier alpha value is -2.77. The first-order chi connectivity index (χ1) is 10.6. The molecule has 0 saturated carbocycles. The lowest BCUT2D eigenvalue weighted by Crippen LogP contribution is -2.28. The van der Waals surface area contributed by atoms with Gasteiger partial charge >= 0.3 is 6.09 Å². The molecule has 0 bridgehead atoms. The number of carbonyl (C=O) groups excluding carboxylic acids is 2. The molecule has 8 nitrogen and oxygen atoms in total. The fourth-order valence-corrected chi connectivity index (χ4v) is 1.83. The van der Waals surface area contributed by atoms with E-state index in [0.29, 0.717) is 18.6 Å². The molecule has 0 fully saturated rings. The molecule has 0 aromatic carbocycles. The molecule has 0 saturated heterocycles. The highest BCUT2D eigenvalue weighted by atomic mass is 16.5. The van der Waals surface area contributed by atoms with Crippen molar-refractivity contribution >= 4 is 29.0 Å². The van der Waals surface area contributed by atoms with Crippen LogP contribution in [0.4, 0.5) is 10.7 Å². The van der Waals surface area contributed by atoms with Gasteiger partial charge in [0.1, 0.15) is 0 Å². The fraction of sp³-hybridized carbons (Fsp3) is 0.357. The number of carbonyl (C=O) groups is 2. The Morgan fingerprint density at radius 3 is 2.95 bits per heavy atom. The molecule has 2 aromatic heterocycles. The number of rotatable bonds is 5. The smallest absolute Gasteiger partial charge is 0.409 e. The van der Waals surface area contributed by atoms with Crippen molar-refractivity contribution < 1.29 is 14.3 Å². The minimum absolute atomic E-state index is 0.214. The summed E-state index contributed by atoms with van der Waals surface area (Å²) in [5.74, 6) is 0.00562. The summed E-state index contributed by atoms with van der Waals surface area (Å²) in [6.45, 7) is 0.431. The van der Waals surface area contributed by atoms with Gasteiger partial charge < -0.3 is 9.64 Å². The number of ether oxygens (including phenoxy) is 1. The highest BCUT2D eigenvalue weighted by Gasteiger charge is 2.10. The lowest BCUT2D eigenvalue weighted by atomic mass is 10.3. The largest absolute Gasteiger partial charge is 0.453 e. The molecule has 1 N–H and O–H groups in total. The van der Waals surface area contributed by atoms with E-state index in [1.807, 2.05) is 6.07 Å². The van der Waals surface area contributed by atoms with Crippen LogP contribution in [-0.2, 0) is 9.53 Å². The molecule has 22 heavy (non-hydrogen) atoms. The quantitative estimate of drug-likeness (QED) is 0.897. The maximum atomic E-state index is 11.8. The van der Waals surface area contributed by atoms with E-state index in [9.17, 15) is 9.59 Å². The number of aromatic nitrogens is 3. The second kappa shape index (κ2) is 7.30. The van der Waals surface area contributed by atoms with E-state index in [2.05, 4.69) is 25.0 Å². The summed E-state index contributed by atoms with van der Waals surface area (Å²) in [7, 11) is 2.93. The van der Waals surface area contributed by atoms with Crippen molar-refractivity contribution in [3.63, 3.8) is 0 Å². The summed E-state index contributed by atoms with van der Waals surface area (Å²) in [6, 6.07) is 3.64. The summed E-state index contributed by atoms with van der Waals surface area (Å²) in [4.78, 5) is 36.7. The fourth-order valence-electron chi connectivity index (χ4n) is 1.83. The van der Waals surface area contributed by atoms with E-state index in [1.165, 1.54) is 12.0 Å². The van der Waals surface area contributed by atoms with E-state index in [4.69, 9.17) is 0 Å². The van der Waals surface area contributed by atoms with Crippen LogP contribution in [0.1, 0.15) is 12.8 Å². The molecule has 0 radical (unpaired) electrons. The van der Waals surface area contributed by atoms with Crippen LogP contribution in [0.25, 0.3) is 11.0 Å². The van der Waals surface area contributed by atoms with Gasteiger partial charge in [0.2, 0.25) is 11.9 Å². The van der Waals surface area contributed by atoms with E-state index in [1.54, 1.807) is 25.5 Å². The van der Waals surface area contributed by atoms with E-state index < -0.39 is 6.09 Å². The summed E-state index contributed by atoms with van der Waals surface area (Å²) in [6.07, 6.45) is 3.58. The van der Waals surface area contributed by atoms with Gasteiger partial charge in [-0.15, -0.1) is 0 Å². The molecule has 0 aliphatic carbocycles. The van der Waals surface area contributed by atoms with E-state index in [0.717, 1.165) is 5.39 Å². The highest BCUT2D eigenvalue weighted by molar-refractivity contribution is 5.89. The molecule has 0 unspecified atom stereocenters. The molecule has 0 atom stereocenters. The average Bonchev–Trinajstić information content (AvgIpc) is 2.53. The summed E-state index contributed by atoms with van der Waals surface area (Å²) >= 11 is 0. The van der Waals surface area contributed by atoms with Crippen molar-refractivity contribution in [3.8, 4) is 0 Å². The van der Waals surface area contributed by atoms with Crippen LogP contribution in [0.15, 0.2) is 24.5 Å². The topological polar surface area (TPSA) is 97.3 Å². The Balaban J connectivity index is 1.84. The maximum Gasteiger partial charge on any atom is 0.409 e. The number of nitrogens with one attached hydrogen (secondary N) is 1. The lowest BCUT2D eigenvalue weighted by Gasteiger charge is -2.14. The normalized spacial score (nSPS) is 10.3. The van der Waals surface area contributed by atoms with Gasteiger partial charge in [-0.25, -0.2) is 14.8 Å². The number of anilines is 1. The molecule has 2 heterocycles. The van der Waals surface area contributed by atoms with E-state index >= 15 is 0 Å². The number of pyridine rings is 1. The predicted octanol–water partition coefficient (Wildman–Crippen LogP) is 1.44. The van der Waals surface area contributed by atoms with Gasteiger partial charge in [-0.05, 0) is 18.6 Å². The van der Waals surface area contributed by atoms with Gasteiger partial charge in [0, 0.05) is 37.8 Å². The first kappa shape index (κ1) is 15.6. The molecule has 0 spiro atoms. The van der Waals surface area contributed by atoms with Gasteiger partial charge in [0.15, 0.2) is 5.65 Å². The summed E-state index contributed by atoms with van der Waals surface area (Å²) in [5, 5.41) is 3.42. The molecule has 2 rings (SSSR count). The Kier molecular flexibility index (Phi) is 5.18. The first-order valence-corrected chi connectivity index (χ1v) is 6.77. The molecule has 116 valence electrons. The third kappa shape index (κ3) is 4.11. The third-order valence-corrected chi connectivity index (χ3v) is 2.99. The van der Waals surface area contributed by atoms with E-state index in [-0.39, 0.29) is 18.3 Å². The Morgan fingerprint density at radius 2 is 2.18 bits per heavy atom. The molecular formula is C14H17N5O3. The van der Waals surface area contributed by atoms with Crippen molar-refractivity contribution in [1.82, 2.24) is 19.9 Å². The van der Waals surface area contributed by atoms with Crippen molar-refractivity contribution in [2.75, 3.05) is 26.0 Å². The zero-order chi connectivity index (χ0) is 15.9. The second-order valence-corrected chi connectivity index (χ2v) is 4.65. The molecule has 0 aliphatic heterocycles.